The van der Waals surface area contributed by atoms with Crippen molar-refractivity contribution >= 4 is 27.4 Å². The number of halogens is 1. The molecule has 0 aliphatic rings. The lowest BCUT2D eigenvalue weighted by atomic mass is 10.3. The molecule has 0 aliphatic carbocycles. The molecule has 1 rings (SSSR count). The summed E-state index contributed by atoms with van der Waals surface area (Å²) in [5.74, 6) is 0. The van der Waals surface area contributed by atoms with E-state index < -0.39 is 10.1 Å². The van der Waals surface area contributed by atoms with Crippen molar-refractivity contribution < 1.29 is 18.4 Å². The first-order chi connectivity index (χ1) is 5.41. The van der Waals surface area contributed by atoms with E-state index in [-0.39, 0.29) is 21.1 Å². The Morgan fingerprint density at radius 3 is 2.31 bits per heavy atom. The first kappa shape index (κ1) is 12.2. The van der Waals surface area contributed by atoms with Gasteiger partial charge >= 0.3 is 0 Å². The Balaban J connectivity index is 0.00000144. The fourth-order valence-corrected chi connectivity index (χ4v) is 1.61. The van der Waals surface area contributed by atoms with Gasteiger partial charge in [-0.05, 0) is 18.2 Å². The van der Waals surface area contributed by atoms with Gasteiger partial charge in [0.05, 0.1) is 5.69 Å². The molecule has 1 aromatic carbocycles. The number of hydrogen-bond donors (Lipinski definition) is 2. The molecule has 74 valence electrons. The van der Waals surface area contributed by atoms with Crippen molar-refractivity contribution in [1.29, 1.82) is 0 Å². The molecule has 0 saturated carbocycles. The molecule has 7 heteroatoms. The number of benzene rings is 1. The molecular formula is C6H8ClNO4S. The van der Waals surface area contributed by atoms with Gasteiger partial charge in [-0.3, -0.25) is 4.55 Å². The van der Waals surface area contributed by atoms with Crippen LogP contribution in [0.1, 0.15) is 0 Å². The monoisotopic (exact) mass is 225 g/mol. The zero-order valence-electron chi connectivity index (χ0n) is 6.36. The van der Waals surface area contributed by atoms with Crippen LogP contribution >= 0.6 is 11.6 Å². The molecule has 1 aromatic rings. The van der Waals surface area contributed by atoms with Crippen molar-refractivity contribution in [2.24, 2.45) is 0 Å². The minimum atomic E-state index is -4.27. The van der Waals surface area contributed by atoms with E-state index in [1.54, 1.807) is 0 Å². The highest BCUT2D eigenvalue weighted by Crippen LogP contribution is 2.21. The average molecular weight is 226 g/mol. The molecule has 5 N–H and O–H groups in total. The SMILES string of the molecule is Nc1ccc(Cl)cc1S(=O)(=O)O.O. The second-order valence-corrected chi connectivity index (χ2v) is 3.98. The Bertz CT molecular complexity index is 403. The molecule has 0 aliphatic heterocycles. The lowest BCUT2D eigenvalue weighted by molar-refractivity contribution is 0.483. The third-order valence-electron chi connectivity index (χ3n) is 1.25. The molecule has 0 amide bonds. The van der Waals surface area contributed by atoms with Crippen LogP contribution in [0.2, 0.25) is 5.02 Å². The number of hydrogen-bond acceptors (Lipinski definition) is 3. The van der Waals surface area contributed by atoms with Crippen LogP contribution in [0.25, 0.3) is 0 Å². The summed E-state index contributed by atoms with van der Waals surface area (Å²) in [6, 6.07) is 3.84. The molecule has 0 aromatic heterocycles. The Kier molecular flexibility index (Phi) is 3.68. The smallest absolute Gasteiger partial charge is 0.296 e. The zero-order valence-corrected chi connectivity index (χ0v) is 7.93. The molecule has 0 saturated heterocycles. The van der Waals surface area contributed by atoms with Gasteiger partial charge in [-0.1, -0.05) is 11.6 Å². The van der Waals surface area contributed by atoms with E-state index in [9.17, 15) is 8.42 Å². The maximum atomic E-state index is 10.6. The van der Waals surface area contributed by atoms with Crippen LogP contribution < -0.4 is 5.73 Å². The Morgan fingerprint density at radius 2 is 1.92 bits per heavy atom. The molecule has 0 heterocycles. The Morgan fingerprint density at radius 1 is 1.38 bits per heavy atom. The predicted molar refractivity (Wildman–Crippen MR) is 49.3 cm³/mol. The average Bonchev–Trinajstić information content (AvgIpc) is 1.92. The first-order valence-corrected chi connectivity index (χ1v) is 4.75. The second-order valence-electron chi connectivity index (χ2n) is 2.16. The molecule has 0 bridgehead atoms. The largest absolute Gasteiger partial charge is 0.412 e. The molecule has 5 nitrogen and oxygen atoms in total. The maximum Gasteiger partial charge on any atom is 0.296 e. The summed E-state index contributed by atoms with van der Waals surface area (Å²) in [6.07, 6.45) is 0. The summed E-state index contributed by atoms with van der Waals surface area (Å²) < 4.78 is 29.9. The van der Waals surface area contributed by atoms with Crippen LogP contribution in [0.4, 0.5) is 5.69 Å². The Hall–Kier alpha value is -0.820. The number of anilines is 1. The molecule has 13 heavy (non-hydrogen) atoms. The summed E-state index contributed by atoms with van der Waals surface area (Å²) in [4.78, 5) is -0.366. The fraction of sp³-hybridized carbons (Fsp3) is 0. The summed E-state index contributed by atoms with van der Waals surface area (Å²) in [6.45, 7) is 0. The van der Waals surface area contributed by atoms with Gasteiger partial charge in [-0.2, -0.15) is 8.42 Å². The van der Waals surface area contributed by atoms with E-state index in [1.807, 2.05) is 0 Å². The molecule has 0 atom stereocenters. The second kappa shape index (κ2) is 3.93. The number of nitrogen functional groups attached to an aromatic ring is 1. The van der Waals surface area contributed by atoms with Crippen molar-refractivity contribution in [1.82, 2.24) is 0 Å². The Labute approximate surface area is 80.2 Å². The standard InChI is InChI=1S/C6H6ClNO3S.H2O/c7-4-1-2-5(8)6(3-4)12(9,10)11;/h1-3H,8H2,(H,9,10,11);1H2. The summed E-state index contributed by atoms with van der Waals surface area (Å²) in [5, 5.41) is 0.205. The molecule has 0 unspecified atom stereocenters. The van der Waals surface area contributed by atoms with Gasteiger partial charge in [0, 0.05) is 5.02 Å². The number of rotatable bonds is 1. The van der Waals surface area contributed by atoms with Crippen molar-refractivity contribution in [3.8, 4) is 0 Å². The summed E-state index contributed by atoms with van der Waals surface area (Å²) in [5.41, 5.74) is 5.25. The summed E-state index contributed by atoms with van der Waals surface area (Å²) in [7, 11) is -4.27. The third kappa shape index (κ3) is 2.85. The van der Waals surface area contributed by atoms with Crippen LogP contribution in [-0.2, 0) is 10.1 Å². The van der Waals surface area contributed by atoms with Gasteiger partial charge in [0.2, 0.25) is 0 Å². The minimum absolute atomic E-state index is 0. The van der Waals surface area contributed by atoms with Crippen LogP contribution in [0.15, 0.2) is 23.1 Å². The normalized spacial score (nSPS) is 10.6. The van der Waals surface area contributed by atoms with Crippen molar-refractivity contribution in [2.45, 2.75) is 4.90 Å². The van der Waals surface area contributed by atoms with Crippen LogP contribution in [0, 0.1) is 0 Å². The highest BCUT2D eigenvalue weighted by atomic mass is 35.5. The highest BCUT2D eigenvalue weighted by Gasteiger charge is 2.13. The van der Waals surface area contributed by atoms with Gasteiger partial charge in [-0.15, -0.1) is 0 Å². The topological polar surface area (TPSA) is 112 Å². The van der Waals surface area contributed by atoms with E-state index in [2.05, 4.69) is 0 Å². The van der Waals surface area contributed by atoms with E-state index in [4.69, 9.17) is 21.9 Å². The van der Waals surface area contributed by atoms with Gasteiger partial charge in [0.25, 0.3) is 10.1 Å². The quantitative estimate of drug-likeness (QED) is 0.530. The zero-order chi connectivity index (χ0) is 9.35. The van der Waals surface area contributed by atoms with Crippen LogP contribution in [0.5, 0.6) is 0 Å². The van der Waals surface area contributed by atoms with E-state index >= 15 is 0 Å². The van der Waals surface area contributed by atoms with Crippen LogP contribution in [-0.4, -0.2) is 18.4 Å². The molecule has 0 radical (unpaired) electrons. The molecule has 0 fully saturated rings. The lowest BCUT2D eigenvalue weighted by Gasteiger charge is -2.01. The third-order valence-corrected chi connectivity index (χ3v) is 2.40. The van der Waals surface area contributed by atoms with Crippen molar-refractivity contribution in [3.63, 3.8) is 0 Å². The predicted octanol–water partition coefficient (Wildman–Crippen LogP) is 0.344. The molecular weight excluding hydrogens is 218 g/mol. The van der Waals surface area contributed by atoms with Crippen molar-refractivity contribution in [2.75, 3.05) is 5.73 Å². The van der Waals surface area contributed by atoms with Crippen molar-refractivity contribution in [3.05, 3.63) is 23.2 Å². The highest BCUT2D eigenvalue weighted by molar-refractivity contribution is 7.86. The van der Waals surface area contributed by atoms with Gasteiger partial charge in [-0.25, -0.2) is 0 Å². The van der Waals surface area contributed by atoms with E-state index in [0.717, 1.165) is 6.07 Å². The van der Waals surface area contributed by atoms with Gasteiger partial charge < -0.3 is 11.2 Å². The van der Waals surface area contributed by atoms with E-state index in [1.165, 1.54) is 12.1 Å². The molecule has 0 spiro atoms. The maximum absolute atomic E-state index is 10.6. The lowest BCUT2D eigenvalue weighted by Crippen LogP contribution is -2.02. The fourth-order valence-electron chi connectivity index (χ4n) is 0.732. The van der Waals surface area contributed by atoms with Gasteiger partial charge in [0.1, 0.15) is 4.90 Å². The number of nitrogens with two attached hydrogens (primary N) is 1. The van der Waals surface area contributed by atoms with Gasteiger partial charge in [0.15, 0.2) is 0 Å². The van der Waals surface area contributed by atoms with E-state index in [0.29, 0.717) is 0 Å². The van der Waals surface area contributed by atoms with Crippen LogP contribution in [0.3, 0.4) is 0 Å². The first-order valence-electron chi connectivity index (χ1n) is 2.94. The summed E-state index contributed by atoms with van der Waals surface area (Å²) >= 11 is 5.49. The minimum Gasteiger partial charge on any atom is -0.412 e.